The molecule has 0 saturated carbocycles. The average molecular weight is 557 g/mol. The lowest BCUT2D eigenvalue weighted by Gasteiger charge is -2.38. The van der Waals surface area contributed by atoms with Crippen LogP contribution in [0.4, 0.5) is 4.79 Å². The first-order chi connectivity index (χ1) is 17.5. The second kappa shape index (κ2) is 13.4. The Morgan fingerprint density at radius 1 is 0.658 bits per heavy atom. The van der Waals surface area contributed by atoms with Crippen LogP contribution in [0.3, 0.4) is 0 Å². The molecule has 0 saturated heterocycles. The predicted octanol–water partition coefficient (Wildman–Crippen LogP) is 7.55. The second-order valence-electron chi connectivity index (χ2n) is 13.5. The van der Waals surface area contributed by atoms with Gasteiger partial charge in [-0.25, -0.2) is 4.79 Å². The second-order valence-corrected chi connectivity index (χ2v) is 23.2. The average Bonchev–Trinajstić information content (AvgIpc) is 2.81. The van der Waals surface area contributed by atoms with Crippen molar-refractivity contribution in [1.29, 1.82) is 0 Å². The molecule has 0 fully saturated rings. The van der Waals surface area contributed by atoms with E-state index in [-0.39, 0.29) is 28.2 Å². The summed E-state index contributed by atoms with van der Waals surface area (Å²) in [6.07, 6.45) is 1.43. The van der Waals surface area contributed by atoms with Gasteiger partial charge in [0.1, 0.15) is 0 Å². The molecule has 2 rings (SSSR count). The molecule has 2 aromatic carbocycles. The molecule has 2 amide bonds. The van der Waals surface area contributed by atoms with Crippen molar-refractivity contribution in [2.75, 3.05) is 13.2 Å². The molecule has 0 bridgehead atoms. The summed E-state index contributed by atoms with van der Waals surface area (Å²) < 4.78 is 13.1. The van der Waals surface area contributed by atoms with E-state index in [0.717, 1.165) is 0 Å². The Morgan fingerprint density at radius 3 is 1.26 bits per heavy atom. The van der Waals surface area contributed by atoms with Gasteiger partial charge >= 0.3 is 6.03 Å². The summed E-state index contributed by atoms with van der Waals surface area (Å²) in [5.74, 6) is 0. The highest BCUT2D eigenvalue weighted by molar-refractivity contribution is 6.74. The van der Waals surface area contributed by atoms with E-state index in [1.54, 1.807) is 0 Å². The van der Waals surface area contributed by atoms with E-state index in [2.05, 4.69) is 103 Å². The highest BCUT2D eigenvalue weighted by Gasteiger charge is 2.39. The maximum Gasteiger partial charge on any atom is 0.315 e. The fourth-order valence-electron chi connectivity index (χ4n) is 3.56. The minimum atomic E-state index is -1.96. The van der Waals surface area contributed by atoms with Crippen LogP contribution in [-0.4, -0.2) is 48.0 Å². The van der Waals surface area contributed by atoms with E-state index < -0.39 is 16.6 Å². The van der Waals surface area contributed by atoms with Gasteiger partial charge in [0.05, 0.1) is 25.3 Å². The lowest BCUT2D eigenvalue weighted by atomic mass is 10.1. The van der Waals surface area contributed by atoms with Crippen molar-refractivity contribution in [3.8, 4) is 0 Å². The van der Waals surface area contributed by atoms with Gasteiger partial charge < -0.3 is 19.5 Å². The molecule has 0 unspecified atom stereocenters. The summed E-state index contributed by atoms with van der Waals surface area (Å²) >= 11 is 0. The SMILES string of the molecule is CC(C)(C)[Si](C)(C)OC[C@@H](Cc1ccccc1)NC(=O)N[C@@H](CO[Si](C)(C)C(C)(C)C)Cc1ccccc1. The van der Waals surface area contributed by atoms with Gasteiger partial charge in [0.2, 0.25) is 0 Å². The van der Waals surface area contributed by atoms with Gasteiger partial charge in [0.15, 0.2) is 16.6 Å². The van der Waals surface area contributed by atoms with Crippen LogP contribution in [-0.2, 0) is 21.7 Å². The van der Waals surface area contributed by atoms with Crippen LogP contribution < -0.4 is 10.6 Å². The minimum absolute atomic E-state index is 0.106. The molecule has 0 heterocycles. The van der Waals surface area contributed by atoms with E-state index in [1.807, 2.05) is 36.4 Å². The van der Waals surface area contributed by atoms with Gasteiger partial charge in [-0.3, -0.25) is 0 Å². The van der Waals surface area contributed by atoms with Crippen molar-refractivity contribution in [3.05, 3.63) is 71.8 Å². The van der Waals surface area contributed by atoms with Crippen molar-refractivity contribution >= 4 is 22.7 Å². The molecule has 2 N–H and O–H groups in total. The monoisotopic (exact) mass is 556 g/mol. The summed E-state index contributed by atoms with van der Waals surface area (Å²) in [4.78, 5) is 13.4. The molecule has 212 valence electrons. The first kappa shape index (κ1) is 32.3. The Kier molecular flexibility index (Phi) is 11.4. The van der Waals surface area contributed by atoms with Crippen LogP contribution in [0, 0.1) is 0 Å². The maximum absolute atomic E-state index is 13.4. The van der Waals surface area contributed by atoms with Crippen LogP contribution in [0.2, 0.25) is 36.3 Å². The first-order valence-corrected chi connectivity index (χ1v) is 19.7. The quantitative estimate of drug-likeness (QED) is 0.265. The van der Waals surface area contributed by atoms with Crippen molar-refractivity contribution in [2.24, 2.45) is 0 Å². The van der Waals surface area contributed by atoms with E-state index >= 15 is 0 Å². The fraction of sp³-hybridized carbons (Fsp3) is 0.581. The summed E-state index contributed by atoms with van der Waals surface area (Å²) in [6.45, 7) is 23.4. The van der Waals surface area contributed by atoms with E-state index in [1.165, 1.54) is 11.1 Å². The van der Waals surface area contributed by atoms with E-state index in [9.17, 15) is 4.79 Å². The third-order valence-corrected chi connectivity index (χ3v) is 17.2. The molecule has 0 aliphatic heterocycles. The van der Waals surface area contributed by atoms with E-state index in [4.69, 9.17) is 8.85 Å². The molecule has 0 aliphatic rings. The first-order valence-electron chi connectivity index (χ1n) is 13.9. The van der Waals surface area contributed by atoms with Crippen LogP contribution in [0.15, 0.2) is 60.7 Å². The molecule has 0 spiro atoms. The Balaban J connectivity index is 2.15. The third kappa shape index (κ3) is 10.3. The summed E-state index contributed by atoms with van der Waals surface area (Å²) in [6, 6.07) is 20.1. The molecule has 2 aromatic rings. The number of nitrogens with one attached hydrogen (secondary N) is 2. The Morgan fingerprint density at radius 2 is 0.974 bits per heavy atom. The molecule has 0 aromatic heterocycles. The number of urea groups is 1. The molecule has 5 nitrogen and oxygen atoms in total. The van der Waals surface area contributed by atoms with Gasteiger partial charge in [-0.05, 0) is 60.2 Å². The smallest absolute Gasteiger partial charge is 0.315 e. The topological polar surface area (TPSA) is 59.6 Å². The lowest BCUT2D eigenvalue weighted by Crippen LogP contribution is -2.53. The summed E-state index contributed by atoms with van der Waals surface area (Å²) in [5.41, 5.74) is 2.36. The number of hydrogen-bond donors (Lipinski definition) is 2. The number of carbonyl (C=O) groups is 1. The van der Waals surface area contributed by atoms with E-state index in [0.29, 0.717) is 26.1 Å². The minimum Gasteiger partial charge on any atom is -0.415 e. The van der Waals surface area contributed by atoms with Gasteiger partial charge in [0, 0.05) is 0 Å². The zero-order chi connectivity index (χ0) is 28.6. The number of rotatable bonds is 12. The number of amides is 2. The normalized spacial score (nSPS) is 14.6. The predicted molar refractivity (Wildman–Crippen MR) is 166 cm³/mol. The Hall–Kier alpha value is -1.94. The van der Waals surface area contributed by atoms with Crippen molar-refractivity contribution in [3.63, 3.8) is 0 Å². The Bertz CT molecular complexity index is 904. The molecule has 38 heavy (non-hydrogen) atoms. The number of benzene rings is 2. The van der Waals surface area contributed by atoms with Gasteiger partial charge in [-0.15, -0.1) is 0 Å². The molecular weight excluding hydrogens is 505 g/mol. The zero-order valence-corrected chi connectivity index (χ0v) is 27.5. The van der Waals surface area contributed by atoms with Crippen molar-refractivity contribution in [1.82, 2.24) is 10.6 Å². The molecular formula is C31H52N2O3Si2. The van der Waals surface area contributed by atoms with Crippen LogP contribution in [0.25, 0.3) is 0 Å². The molecule has 7 heteroatoms. The summed E-state index contributed by atoms with van der Waals surface area (Å²) in [5, 5.41) is 6.68. The lowest BCUT2D eigenvalue weighted by molar-refractivity contribution is 0.202. The molecule has 0 aliphatic carbocycles. The van der Waals surface area contributed by atoms with Crippen LogP contribution in [0.1, 0.15) is 52.7 Å². The van der Waals surface area contributed by atoms with Crippen molar-refractivity contribution < 1.29 is 13.6 Å². The largest absolute Gasteiger partial charge is 0.415 e. The van der Waals surface area contributed by atoms with Gasteiger partial charge in [-0.1, -0.05) is 102 Å². The maximum atomic E-state index is 13.4. The fourth-order valence-corrected chi connectivity index (χ4v) is 5.67. The Labute approximate surface area is 234 Å². The van der Waals surface area contributed by atoms with Crippen LogP contribution >= 0.6 is 0 Å². The van der Waals surface area contributed by atoms with Gasteiger partial charge in [-0.2, -0.15) is 0 Å². The highest BCUT2D eigenvalue weighted by Crippen LogP contribution is 2.37. The number of hydrogen-bond acceptors (Lipinski definition) is 3. The standard InChI is InChI=1S/C31H52N2O3Si2/c1-30(2,3)37(7,8)35-23-27(21-25-17-13-11-14-18-25)32-29(34)33-28(22-26-19-15-12-16-20-26)24-36-38(9,10)31(4,5)6/h11-20,27-28H,21-24H2,1-10H3,(H2,32,33,34)/t27-,28-/m1/s1. The van der Waals surface area contributed by atoms with Crippen molar-refractivity contribution in [2.45, 2.75) is 103 Å². The zero-order valence-electron chi connectivity index (χ0n) is 25.5. The number of carbonyl (C=O) groups excluding carboxylic acids is 1. The summed E-state index contributed by atoms with van der Waals surface area (Å²) in [7, 11) is -3.92. The van der Waals surface area contributed by atoms with Crippen LogP contribution in [0.5, 0.6) is 0 Å². The highest BCUT2D eigenvalue weighted by atomic mass is 28.4. The van der Waals surface area contributed by atoms with Gasteiger partial charge in [0.25, 0.3) is 0 Å². The molecule has 2 atom stereocenters. The molecule has 0 radical (unpaired) electrons. The third-order valence-electron chi connectivity index (χ3n) is 8.22.